The van der Waals surface area contributed by atoms with Crippen molar-refractivity contribution in [3.63, 3.8) is 0 Å². The molecule has 0 saturated heterocycles. The largest absolute Gasteiger partial charge is 0.374 e. The highest BCUT2D eigenvalue weighted by molar-refractivity contribution is 5.50. The van der Waals surface area contributed by atoms with Gasteiger partial charge >= 0.3 is 0 Å². The van der Waals surface area contributed by atoms with Gasteiger partial charge in [0, 0.05) is 6.42 Å². The van der Waals surface area contributed by atoms with Gasteiger partial charge in [-0.3, -0.25) is 0 Å². The van der Waals surface area contributed by atoms with Crippen molar-refractivity contribution in [2.75, 3.05) is 13.2 Å². The molecule has 0 aliphatic rings. The van der Waals surface area contributed by atoms with Gasteiger partial charge in [-0.1, -0.05) is 36.4 Å². The average Bonchev–Trinajstić information content (AvgIpc) is 2.37. The Morgan fingerprint density at radius 1 is 1.29 bits per heavy atom. The zero-order valence-electron chi connectivity index (χ0n) is 9.88. The zero-order valence-corrected chi connectivity index (χ0v) is 9.88. The van der Waals surface area contributed by atoms with Crippen molar-refractivity contribution in [2.24, 2.45) is 0 Å². The summed E-state index contributed by atoms with van der Waals surface area (Å²) in [5.41, 5.74) is 1.11. The van der Waals surface area contributed by atoms with Gasteiger partial charge in [0.2, 0.25) is 0 Å². The monoisotopic (exact) mass is 234 g/mol. The van der Waals surface area contributed by atoms with E-state index < -0.39 is 0 Å². The molecule has 3 nitrogen and oxygen atoms in total. The van der Waals surface area contributed by atoms with Gasteiger partial charge in [0.25, 0.3) is 0 Å². The lowest BCUT2D eigenvalue weighted by atomic mass is 10.2. The maximum atomic E-state index is 10.5. The van der Waals surface area contributed by atoms with E-state index in [1.807, 2.05) is 30.3 Å². The van der Waals surface area contributed by atoms with E-state index in [0.29, 0.717) is 26.2 Å². The van der Waals surface area contributed by atoms with Gasteiger partial charge < -0.3 is 14.3 Å². The Morgan fingerprint density at radius 2 is 2.06 bits per heavy atom. The molecule has 1 rings (SSSR count). The second kappa shape index (κ2) is 8.67. The molecule has 1 atom stereocenters. The summed E-state index contributed by atoms with van der Waals surface area (Å²) in [6, 6.07) is 9.90. The van der Waals surface area contributed by atoms with Crippen LogP contribution in [0.2, 0.25) is 0 Å². The second-order valence-electron chi connectivity index (χ2n) is 3.65. The van der Waals surface area contributed by atoms with Gasteiger partial charge in [-0.2, -0.15) is 0 Å². The SMILES string of the molecule is C=CCO[C@H](CC=O)COCc1ccccc1. The first-order valence-corrected chi connectivity index (χ1v) is 5.64. The summed E-state index contributed by atoms with van der Waals surface area (Å²) in [6.07, 6.45) is 2.67. The first-order chi connectivity index (χ1) is 8.36. The molecule has 92 valence electrons. The lowest BCUT2D eigenvalue weighted by Crippen LogP contribution is -2.20. The average molecular weight is 234 g/mol. The minimum atomic E-state index is -0.186. The molecule has 0 saturated carbocycles. The Bertz CT molecular complexity index is 321. The molecule has 1 aromatic carbocycles. The summed E-state index contributed by atoms with van der Waals surface area (Å²) in [6.45, 7) is 4.96. The smallest absolute Gasteiger partial charge is 0.122 e. The van der Waals surface area contributed by atoms with Gasteiger partial charge in [0.15, 0.2) is 0 Å². The Labute approximate surface area is 102 Å². The third-order valence-corrected chi connectivity index (χ3v) is 2.22. The van der Waals surface area contributed by atoms with Crippen LogP contribution in [-0.4, -0.2) is 25.6 Å². The van der Waals surface area contributed by atoms with Crippen LogP contribution in [0.5, 0.6) is 0 Å². The number of ether oxygens (including phenoxy) is 2. The maximum absolute atomic E-state index is 10.5. The van der Waals surface area contributed by atoms with E-state index in [1.54, 1.807) is 6.08 Å². The minimum Gasteiger partial charge on any atom is -0.374 e. The minimum absolute atomic E-state index is 0.186. The van der Waals surface area contributed by atoms with E-state index in [-0.39, 0.29) is 6.10 Å². The summed E-state index contributed by atoms with van der Waals surface area (Å²) >= 11 is 0. The van der Waals surface area contributed by atoms with Crippen LogP contribution >= 0.6 is 0 Å². The van der Waals surface area contributed by atoms with E-state index in [1.165, 1.54) is 0 Å². The normalized spacial score (nSPS) is 12.0. The predicted octanol–water partition coefficient (Wildman–Crippen LogP) is 2.36. The Hall–Kier alpha value is -1.45. The molecule has 0 fully saturated rings. The van der Waals surface area contributed by atoms with Crippen LogP contribution in [0.15, 0.2) is 43.0 Å². The van der Waals surface area contributed by atoms with E-state index in [0.717, 1.165) is 11.8 Å². The van der Waals surface area contributed by atoms with E-state index >= 15 is 0 Å². The van der Waals surface area contributed by atoms with Gasteiger partial charge in [0.1, 0.15) is 6.29 Å². The lowest BCUT2D eigenvalue weighted by Gasteiger charge is -2.14. The molecule has 0 radical (unpaired) electrons. The van der Waals surface area contributed by atoms with Crippen LogP contribution in [0.25, 0.3) is 0 Å². The van der Waals surface area contributed by atoms with Crippen molar-refractivity contribution in [1.82, 2.24) is 0 Å². The highest BCUT2D eigenvalue weighted by Crippen LogP contribution is 2.03. The van der Waals surface area contributed by atoms with Crippen molar-refractivity contribution in [3.05, 3.63) is 48.6 Å². The van der Waals surface area contributed by atoms with E-state index in [2.05, 4.69) is 6.58 Å². The van der Waals surface area contributed by atoms with Crippen molar-refractivity contribution in [2.45, 2.75) is 19.1 Å². The van der Waals surface area contributed by atoms with Crippen LogP contribution in [0.1, 0.15) is 12.0 Å². The van der Waals surface area contributed by atoms with Crippen LogP contribution in [0.4, 0.5) is 0 Å². The standard InChI is InChI=1S/C14H18O3/c1-2-10-17-14(8-9-15)12-16-11-13-6-4-3-5-7-13/h2-7,9,14H,1,8,10-12H2/t14-/m1/s1. The van der Waals surface area contributed by atoms with E-state index in [9.17, 15) is 4.79 Å². The Balaban J connectivity index is 2.26. The van der Waals surface area contributed by atoms with Gasteiger partial charge in [-0.05, 0) is 5.56 Å². The zero-order chi connectivity index (χ0) is 12.3. The number of benzene rings is 1. The first kappa shape index (κ1) is 13.6. The number of rotatable bonds is 9. The van der Waals surface area contributed by atoms with Crippen LogP contribution in [0, 0.1) is 0 Å². The highest BCUT2D eigenvalue weighted by Gasteiger charge is 2.07. The van der Waals surface area contributed by atoms with Crippen LogP contribution < -0.4 is 0 Å². The van der Waals surface area contributed by atoms with E-state index in [4.69, 9.17) is 9.47 Å². The molecule has 0 aliphatic heterocycles. The van der Waals surface area contributed by atoms with Crippen LogP contribution in [0.3, 0.4) is 0 Å². The molecule has 3 heteroatoms. The van der Waals surface area contributed by atoms with Crippen molar-refractivity contribution >= 4 is 6.29 Å². The van der Waals surface area contributed by atoms with Gasteiger partial charge in [-0.25, -0.2) is 0 Å². The Morgan fingerprint density at radius 3 is 2.71 bits per heavy atom. The van der Waals surface area contributed by atoms with Gasteiger partial charge in [0.05, 0.1) is 25.9 Å². The molecule has 0 aliphatic carbocycles. The fourth-order valence-corrected chi connectivity index (χ4v) is 1.38. The molecule has 0 bridgehead atoms. The second-order valence-corrected chi connectivity index (χ2v) is 3.65. The topological polar surface area (TPSA) is 35.5 Å². The number of carbonyl (C=O) groups excluding carboxylic acids is 1. The number of hydrogen-bond acceptors (Lipinski definition) is 3. The highest BCUT2D eigenvalue weighted by atomic mass is 16.5. The summed E-state index contributed by atoms with van der Waals surface area (Å²) < 4.78 is 10.9. The number of carbonyl (C=O) groups is 1. The number of hydrogen-bond donors (Lipinski definition) is 0. The van der Waals surface area contributed by atoms with Crippen molar-refractivity contribution in [3.8, 4) is 0 Å². The summed E-state index contributed by atoms with van der Waals surface area (Å²) in [5.74, 6) is 0. The fraction of sp³-hybridized carbons (Fsp3) is 0.357. The van der Waals surface area contributed by atoms with Crippen molar-refractivity contribution < 1.29 is 14.3 Å². The quantitative estimate of drug-likeness (QED) is 0.486. The Kier molecular flexibility index (Phi) is 6.95. The summed E-state index contributed by atoms with van der Waals surface area (Å²) in [5, 5.41) is 0. The molecule has 0 heterocycles. The first-order valence-electron chi connectivity index (χ1n) is 5.64. The maximum Gasteiger partial charge on any atom is 0.122 e. The third-order valence-electron chi connectivity index (χ3n) is 2.22. The van der Waals surface area contributed by atoms with Crippen molar-refractivity contribution in [1.29, 1.82) is 0 Å². The molecule has 0 aromatic heterocycles. The predicted molar refractivity (Wildman–Crippen MR) is 66.7 cm³/mol. The number of aldehydes is 1. The van der Waals surface area contributed by atoms with Crippen LogP contribution in [-0.2, 0) is 20.9 Å². The molecule has 0 amide bonds. The van der Waals surface area contributed by atoms with Gasteiger partial charge in [-0.15, -0.1) is 6.58 Å². The molecule has 0 unspecified atom stereocenters. The molecule has 17 heavy (non-hydrogen) atoms. The summed E-state index contributed by atoms with van der Waals surface area (Å²) in [4.78, 5) is 10.5. The molecular formula is C14H18O3. The molecular weight excluding hydrogens is 216 g/mol. The summed E-state index contributed by atoms with van der Waals surface area (Å²) in [7, 11) is 0. The lowest BCUT2D eigenvalue weighted by molar-refractivity contribution is -0.111. The molecule has 1 aromatic rings. The molecule has 0 spiro atoms. The molecule has 0 N–H and O–H groups in total. The third kappa shape index (κ3) is 6.00. The fourth-order valence-electron chi connectivity index (χ4n) is 1.38.